The summed E-state index contributed by atoms with van der Waals surface area (Å²) in [6.45, 7) is 0.487. The Balaban J connectivity index is 0.000000303. The van der Waals surface area contributed by atoms with Gasteiger partial charge in [-0.25, -0.2) is 4.99 Å². The van der Waals surface area contributed by atoms with Gasteiger partial charge >= 0.3 is 0 Å². The van der Waals surface area contributed by atoms with Crippen LogP contribution in [-0.4, -0.2) is 32.6 Å². The van der Waals surface area contributed by atoms with Gasteiger partial charge in [0.25, 0.3) is 0 Å². The summed E-state index contributed by atoms with van der Waals surface area (Å²) in [5.41, 5.74) is 10.6. The van der Waals surface area contributed by atoms with E-state index in [-0.39, 0.29) is 0 Å². The molecule has 0 saturated carbocycles. The number of nitrogens with two attached hydrogens (primary N) is 1. The highest BCUT2D eigenvalue weighted by Gasteiger charge is 2.05. The van der Waals surface area contributed by atoms with Gasteiger partial charge in [0.15, 0.2) is 0 Å². The fraction of sp³-hybridized carbons (Fsp3) is 0.125. The lowest BCUT2D eigenvalue weighted by Crippen LogP contribution is -1.95. The first kappa shape index (κ1) is 22.4. The number of rotatable bonds is 8. The van der Waals surface area contributed by atoms with Crippen molar-refractivity contribution in [2.75, 3.05) is 24.2 Å². The van der Waals surface area contributed by atoms with Crippen molar-refractivity contribution in [2.24, 2.45) is 15.7 Å². The lowest BCUT2D eigenvalue weighted by atomic mass is 10.0. The minimum Gasteiger partial charge on any atom is -0.390 e. The molecule has 0 spiro atoms. The fourth-order valence-electron chi connectivity index (χ4n) is 2.66. The Hall–Kier alpha value is -3.93. The standard InChI is InChI=1S/C19H18N2.C5H9N3O/c1-20-19-14-17(21-16-10-6-3-7-11-16)12-13-18(19)15-8-4-2-5-9-15;6-4-8-5-7-2-1-3-9/h2-14,20-21H,1H3;3-5H,1-2H2,(H2,6,7,8). The normalized spacial score (nSPS) is 10.4. The third kappa shape index (κ3) is 7.59. The Labute approximate surface area is 177 Å². The van der Waals surface area contributed by atoms with Gasteiger partial charge in [-0.05, 0) is 29.8 Å². The molecule has 0 atom stereocenters. The third-order valence-corrected chi connectivity index (χ3v) is 4.05. The molecule has 0 heterocycles. The molecule has 0 aromatic heterocycles. The van der Waals surface area contributed by atoms with E-state index in [1.54, 1.807) is 0 Å². The first-order valence-electron chi connectivity index (χ1n) is 9.63. The number of nitrogens with zero attached hydrogens (tertiary/aromatic N) is 2. The molecular formula is C24H27N5O. The Bertz CT molecular complexity index is 940. The van der Waals surface area contributed by atoms with E-state index in [1.165, 1.54) is 17.5 Å². The van der Waals surface area contributed by atoms with Crippen LogP contribution >= 0.6 is 0 Å². The van der Waals surface area contributed by atoms with Crippen LogP contribution in [0.1, 0.15) is 6.42 Å². The number of benzene rings is 3. The van der Waals surface area contributed by atoms with Gasteiger partial charge in [-0.15, -0.1) is 0 Å². The van der Waals surface area contributed by atoms with Gasteiger partial charge in [0.1, 0.15) is 12.6 Å². The molecule has 0 aliphatic heterocycles. The van der Waals surface area contributed by atoms with Crippen LogP contribution < -0.4 is 16.4 Å². The Kier molecular flexibility index (Phi) is 9.90. The largest absolute Gasteiger partial charge is 0.390 e. The number of carbonyl (C=O) groups is 1. The van der Waals surface area contributed by atoms with E-state index in [0.29, 0.717) is 13.0 Å². The zero-order valence-corrected chi connectivity index (χ0v) is 17.0. The molecule has 30 heavy (non-hydrogen) atoms. The minimum atomic E-state index is 0.441. The molecular weight excluding hydrogens is 374 g/mol. The van der Waals surface area contributed by atoms with Crippen molar-refractivity contribution in [3.8, 4) is 11.1 Å². The molecule has 154 valence electrons. The Morgan fingerprint density at radius 2 is 1.63 bits per heavy atom. The van der Waals surface area contributed by atoms with E-state index in [4.69, 9.17) is 5.73 Å². The molecule has 0 aliphatic rings. The quantitative estimate of drug-likeness (QED) is 0.220. The smallest absolute Gasteiger partial charge is 0.121 e. The summed E-state index contributed by atoms with van der Waals surface area (Å²) >= 11 is 0. The summed E-state index contributed by atoms with van der Waals surface area (Å²) in [7, 11) is 1.95. The number of nitrogens with one attached hydrogen (secondary N) is 2. The molecule has 0 saturated heterocycles. The second-order valence-corrected chi connectivity index (χ2v) is 6.14. The molecule has 3 aromatic carbocycles. The van der Waals surface area contributed by atoms with Crippen molar-refractivity contribution >= 4 is 36.0 Å². The zero-order chi connectivity index (χ0) is 21.4. The summed E-state index contributed by atoms with van der Waals surface area (Å²) < 4.78 is 0. The number of para-hydroxylation sites is 1. The average Bonchev–Trinajstić information content (AvgIpc) is 2.81. The molecule has 0 unspecified atom stereocenters. The van der Waals surface area contributed by atoms with Crippen molar-refractivity contribution in [3.05, 3.63) is 78.9 Å². The molecule has 6 heteroatoms. The maximum absolute atomic E-state index is 9.70. The maximum Gasteiger partial charge on any atom is 0.121 e. The zero-order valence-electron chi connectivity index (χ0n) is 17.0. The third-order valence-electron chi connectivity index (χ3n) is 4.05. The van der Waals surface area contributed by atoms with Crippen LogP contribution in [0.5, 0.6) is 0 Å². The molecule has 0 amide bonds. The van der Waals surface area contributed by atoms with E-state index >= 15 is 0 Å². The fourth-order valence-corrected chi connectivity index (χ4v) is 2.66. The highest BCUT2D eigenvalue weighted by Crippen LogP contribution is 2.31. The van der Waals surface area contributed by atoms with Crippen molar-refractivity contribution in [2.45, 2.75) is 6.42 Å². The predicted molar refractivity (Wildman–Crippen MR) is 128 cm³/mol. The van der Waals surface area contributed by atoms with Gasteiger partial charge in [0.05, 0.1) is 6.34 Å². The molecule has 3 rings (SSSR count). The maximum atomic E-state index is 9.70. The number of anilines is 3. The molecule has 0 radical (unpaired) electrons. The molecule has 3 aromatic rings. The van der Waals surface area contributed by atoms with E-state index in [1.807, 2.05) is 31.3 Å². The number of aliphatic imine (C=N–C) groups is 2. The van der Waals surface area contributed by atoms with Crippen LogP contribution in [0, 0.1) is 0 Å². The van der Waals surface area contributed by atoms with Crippen LogP contribution in [0.4, 0.5) is 17.1 Å². The van der Waals surface area contributed by atoms with Crippen LogP contribution in [0.2, 0.25) is 0 Å². The lowest BCUT2D eigenvalue weighted by Gasteiger charge is -2.13. The van der Waals surface area contributed by atoms with Gasteiger partial charge in [-0.2, -0.15) is 0 Å². The Morgan fingerprint density at radius 3 is 2.27 bits per heavy atom. The summed E-state index contributed by atoms with van der Waals surface area (Å²) in [4.78, 5) is 16.9. The predicted octanol–water partition coefficient (Wildman–Crippen LogP) is 4.73. The van der Waals surface area contributed by atoms with E-state index in [2.05, 4.69) is 75.2 Å². The van der Waals surface area contributed by atoms with Crippen molar-refractivity contribution < 1.29 is 4.79 Å². The van der Waals surface area contributed by atoms with Gasteiger partial charge in [-0.1, -0.05) is 54.6 Å². The van der Waals surface area contributed by atoms with Crippen molar-refractivity contribution in [1.82, 2.24) is 0 Å². The van der Waals surface area contributed by atoms with Crippen LogP contribution in [0.25, 0.3) is 11.1 Å². The van der Waals surface area contributed by atoms with Gasteiger partial charge in [0.2, 0.25) is 0 Å². The molecule has 4 N–H and O–H groups in total. The highest BCUT2D eigenvalue weighted by molar-refractivity contribution is 5.81. The van der Waals surface area contributed by atoms with Gasteiger partial charge < -0.3 is 21.2 Å². The topological polar surface area (TPSA) is 91.9 Å². The number of aldehydes is 1. The van der Waals surface area contributed by atoms with Crippen molar-refractivity contribution in [1.29, 1.82) is 0 Å². The number of hydrogen-bond donors (Lipinski definition) is 3. The van der Waals surface area contributed by atoms with Gasteiger partial charge in [0, 0.05) is 42.6 Å². The lowest BCUT2D eigenvalue weighted by molar-refractivity contribution is -0.107. The van der Waals surface area contributed by atoms with E-state index in [0.717, 1.165) is 29.7 Å². The molecule has 0 bridgehead atoms. The summed E-state index contributed by atoms with van der Waals surface area (Å²) in [5.74, 6) is 0. The van der Waals surface area contributed by atoms with Crippen LogP contribution in [0.3, 0.4) is 0 Å². The van der Waals surface area contributed by atoms with Crippen molar-refractivity contribution in [3.63, 3.8) is 0 Å². The SMILES string of the molecule is CNc1cc(Nc2ccccc2)ccc1-c1ccccc1.NC=NC=NCCC=O. The summed E-state index contributed by atoms with van der Waals surface area (Å²) in [6.07, 6.45) is 3.72. The van der Waals surface area contributed by atoms with E-state index in [9.17, 15) is 4.79 Å². The first-order valence-corrected chi connectivity index (χ1v) is 9.63. The minimum absolute atomic E-state index is 0.441. The average molecular weight is 402 g/mol. The monoisotopic (exact) mass is 401 g/mol. The molecule has 0 fully saturated rings. The molecule has 0 aliphatic carbocycles. The second kappa shape index (κ2) is 13.3. The Morgan fingerprint density at radius 1 is 0.933 bits per heavy atom. The highest BCUT2D eigenvalue weighted by atomic mass is 16.1. The summed E-state index contributed by atoms with van der Waals surface area (Å²) in [6, 6.07) is 27.0. The first-order chi connectivity index (χ1) is 14.8. The second-order valence-electron chi connectivity index (χ2n) is 6.14. The van der Waals surface area contributed by atoms with Gasteiger partial charge in [-0.3, -0.25) is 4.99 Å². The summed E-state index contributed by atoms with van der Waals surface area (Å²) in [5, 5.41) is 6.70. The van der Waals surface area contributed by atoms with E-state index < -0.39 is 0 Å². The number of hydrogen-bond acceptors (Lipinski definition) is 4. The number of carbonyl (C=O) groups excluding carboxylic acids is 1. The molecule has 6 nitrogen and oxygen atoms in total. The van der Waals surface area contributed by atoms with Crippen LogP contribution in [-0.2, 0) is 4.79 Å². The van der Waals surface area contributed by atoms with Crippen LogP contribution in [0.15, 0.2) is 88.8 Å².